The Hall–Kier alpha value is -1.46. The first-order valence-corrected chi connectivity index (χ1v) is 8.01. The standard InChI is InChI=1S/C14H11ClF2O2S/c1-20(18,19)11-4-2-3-9(7-11)14(15)10-5-6-12(16)13(17)8-10/h2-8,14H,1H3. The van der Waals surface area contributed by atoms with E-state index in [-0.39, 0.29) is 4.90 Å². The van der Waals surface area contributed by atoms with E-state index in [0.29, 0.717) is 11.1 Å². The van der Waals surface area contributed by atoms with Crippen molar-refractivity contribution >= 4 is 21.4 Å². The van der Waals surface area contributed by atoms with Crippen molar-refractivity contribution in [3.63, 3.8) is 0 Å². The van der Waals surface area contributed by atoms with E-state index >= 15 is 0 Å². The largest absolute Gasteiger partial charge is 0.224 e. The van der Waals surface area contributed by atoms with Crippen molar-refractivity contribution < 1.29 is 17.2 Å². The number of halogens is 3. The Morgan fingerprint density at radius 1 is 1.00 bits per heavy atom. The van der Waals surface area contributed by atoms with Crippen molar-refractivity contribution in [2.75, 3.05) is 6.26 Å². The van der Waals surface area contributed by atoms with Gasteiger partial charge in [0.2, 0.25) is 0 Å². The highest BCUT2D eigenvalue weighted by molar-refractivity contribution is 7.90. The van der Waals surface area contributed by atoms with Crippen LogP contribution in [-0.4, -0.2) is 14.7 Å². The lowest BCUT2D eigenvalue weighted by molar-refractivity contribution is 0.507. The fraction of sp³-hybridized carbons (Fsp3) is 0.143. The van der Waals surface area contributed by atoms with Crippen LogP contribution in [0.25, 0.3) is 0 Å². The average molecular weight is 317 g/mol. The first-order chi connectivity index (χ1) is 9.29. The zero-order valence-corrected chi connectivity index (χ0v) is 12.0. The van der Waals surface area contributed by atoms with Crippen molar-refractivity contribution in [1.82, 2.24) is 0 Å². The number of hydrogen-bond donors (Lipinski definition) is 0. The van der Waals surface area contributed by atoms with E-state index in [1.165, 1.54) is 18.2 Å². The van der Waals surface area contributed by atoms with Crippen LogP contribution < -0.4 is 0 Å². The molecule has 0 saturated carbocycles. The van der Waals surface area contributed by atoms with Gasteiger partial charge in [0, 0.05) is 6.26 Å². The molecular weight excluding hydrogens is 306 g/mol. The molecule has 2 nitrogen and oxygen atoms in total. The lowest BCUT2D eigenvalue weighted by Gasteiger charge is -2.11. The van der Waals surface area contributed by atoms with Crippen LogP contribution in [0.1, 0.15) is 16.5 Å². The predicted octanol–water partition coefficient (Wildman–Crippen LogP) is 3.70. The van der Waals surface area contributed by atoms with Gasteiger partial charge in [-0.3, -0.25) is 0 Å². The number of hydrogen-bond acceptors (Lipinski definition) is 2. The van der Waals surface area contributed by atoms with Gasteiger partial charge in [-0.15, -0.1) is 11.6 Å². The van der Waals surface area contributed by atoms with Gasteiger partial charge in [0.05, 0.1) is 10.3 Å². The summed E-state index contributed by atoms with van der Waals surface area (Å²) >= 11 is 6.19. The number of sulfone groups is 1. The highest BCUT2D eigenvalue weighted by Gasteiger charge is 2.15. The molecule has 2 aromatic rings. The van der Waals surface area contributed by atoms with Crippen molar-refractivity contribution in [2.24, 2.45) is 0 Å². The highest BCUT2D eigenvalue weighted by atomic mass is 35.5. The Bertz CT molecular complexity index is 745. The second-order valence-electron chi connectivity index (χ2n) is 4.38. The molecule has 106 valence electrons. The van der Waals surface area contributed by atoms with Crippen LogP contribution in [0.15, 0.2) is 47.4 Å². The maximum atomic E-state index is 13.2. The molecule has 0 aliphatic rings. The van der Waals surface area contributed by atoms with Gasteiger partial charge in [-0.1, -0.05) is 18.2 Å². The van der Waals surface area contributed by atoms with E-state index in [2.05, 4.69) is 0 Å². The first-order valence-electron chi connectivity index (χ1n) is 5.68. The van der Waals surface area contributed by atoms with E-state index < -0.39 is 26.8 Å². The second kappa shape index (κ2) is 5.50. The van der Waals surface area contributed by atoms with E-state index in [1.54, 1.807) is 12.1 Å². The summed E-state index contributed by atoms with van der Waals surface area (Å²) in [4.78, 5) is 0.128. The summed E-state index contributed by atoms with van der Waals surface area (Å²) in [5.41, 5.74) is 0.858. The predicted molar refractivity (Wildman–Crippen MR) is 73.6 cm³/mol. The van der Waals surface area contributed by atoms with Crippen LogP contribution in [-0.2, 0) is 9.84 Å². The highest BCUT2D eigenvalue weighted by Crippen LogP contribution is 2.30. The van der Waals surface area contributed by atoms with Gasteiger partial charge < -0.3 is 0 Å². The minimum atomic E-state index is -3.35. The van der Waals surface area contributed by atoms with Gasteiger partial charge >= 0.3 is 0 Å². The first kappa shape index (κ1) is 14.9. The summed E-state index contributed by atoms with van der Waals surface area (Å²) in [7, 11) is -3.35. The normalized spacial score (nSPS) is 13.2. The molecule has 0 spiro atoms. The average Bonchev–Trinajstić information content (AvgIpc) is 2.40. The Balaban J connectivity index is 2.43. The van der Waals surface area contributed by atoms with Gasteiger partial charge in [0.25, 0.3) is 0 Å². The fourth-order valence-electron chi connectivity index (χ4n) is 1.77. The zero-order valence-electron chi connectivity index (χ0n) is 10.5. The van der Waals surface area contributed by atoms with Crippen LogP contribution in [0, 0.1) is 11.6 Å². The maximum Gasteiger partial charge on any atom is 0.175 e. The molecule has 0 aliphatic heterocycles. The van der Waals surface area contributed by atoms with Crippen molar-refractivity contribution in [1.29, 1.82) is 0 Å². The molecule has 2 aromatic carbocycles. The maximum absolute atomic E-state index is 13.2. The molecule has 0 heterocycles. The summed E-state index contributed by atoms with van der Waals surface area (Å²) in [6.07, 6.45) is 1.09. The smallest absolute Gasteiger partial charge is 0.175 e. The quantitative estimate of drug-likeness (QED) is 0.809. The molecule has 6 heteroatoms. The van der Waals surface area contributed by atoms with E-state index in [0.717, 1.165) is 18.4 Å². The molecule has 0 aromatic heterocycles. The molecule has 0 aliphatic carbocycles. The van der Waals surface area contributed by atoms with E-state index in [9.17, 15) is 17.2 Å². The van der Waals surface area contributed by atoms with Crippen LogP contribution >= 0.6 is 11.6 Å². The summed E-state index contributed by atoms with van der Waals surface area (Å²) in [6.45, 7) is 0. The molecule has 0 bridgehead atoms. The van der Waals surface area contributed by atoms with Crippen molar-refractivity contribution in [3.8, 4) is 0 Å². The Kier molecular flexibility index (Phi) is 4.11. The van der Waals surface area contributed by atoms with Gasteiger partial charge in [-0.25, -0.2) is 17.2 Å². The van der Waals surface area contributed by atoms with E-state index in [4.69, 9.17) is 11.6 Å². The van der Waals surface area contributed by atoms with Gasteiger partial charge in [-0.05, 0) is 35.4 Å². The molecule has 0 fully saturated rings. The number of rotatable bonds is 3. The third kappa shape index (κ3) is 3.16. The lowest BCUT2D eigenvalue weighted by atomic mass is 10.0. The minimum Gasteiger partial charge on any atom is -0.224 e. The monoisotopic (exact) mass is 316 g/mol. The van der Waals surface area contributed by atoms with Crippen molar-refractivity contribution in [2.45, 2.75) is 10.3 Å². The topological polar surface area (TPSA) is 34.1 Å². The van der Waals surface area contributed by atoms with Gasteiger partial charge in [0.15, 0.2) is 21.5 Å². The fourth-order valence-corrected chi connectivity index (χ4v) is 2.71. The Labute approximate surface area is 120 Å². The molecule has 20 heavy (non-hydrogen) atoms. The third-order valence-corrected chi connectivity index (χ3v) is 4.43. The molecule has 2 rings (SSSR count). The molecule has 0 saturated heterocycles. The SMILES string of the molecule is CS(=O)(=O)c1cccc(C(Cl)c2ccc(F)c(F)c2)c1. The number of alkyl halides is 1. The molecule has 0 amide bonds. The minimum absolute atomic E-state index is 0.128. The Morgan fingerprint density at radius 2 is 1.65 bits per heavy atom. The Morgan fingerprint density at radius 3 is 2.25 bits per heavy atom. The second-order valence-corrected chi connectivity index (χ2v) is 6.83. The van der Waals surface area contributed by atoms with Crippen LogP contribution in [0.2, 0.25) is 0 Å². The van der Waals surface area contributed by atoms with Gasteiger partial charge in [-0.2, -0.15) is 0 Å². The summed E-state index contributed by atoms with van der Waals surface area (Å²) in [5.74, 6) is -1.95. The summed E-state index contributed by atoms with van der Waals surface area (Å²) in [6, 6.07) is 9.42. The molecule has 1 unspecified atom stereocenters. The molecule has 0 N–H and O–H groups in total. The third-order valence-electron chi connectivity index (χ3n) is 2.82. The molecule has 0 radical (unpaired) electrons. The molecular formula is C14H11ClF2O2S. The summed E-state index contributed by atoms with van der Waals surface area (Å²) in [5, 5.41) is -0.758. The van der Waals surface area contributed by atoms with Crippen molar-refractivity contribution in [3.05, 3.63) is 65.2 Å². The van der Waals surface area contributed by atoms with E-state index in [1.807, 2.05) is 0 Å². The summed E-state index contributed by atoms with van der Waals surface area (Å²) < 4.78 is 49.1. The molecule has 1 atom stereocenters. The zero-order chi connectivity index (χ0) is 14.9. The van der Waals surface area contributed by atoms with Gasteiger partial charge in [0.1, 0.15) is 0 Å². The van der Waals surface area contributed by atoms with Crippen LogP contribution in [0.3, 0.4) is 0 Å². The lowest BCUT2D eigenvalue weighted by Crippen LogP contribution is -2.00. The number of benzene rings is 2. The van der Waals surface area contributed by atoms with Crippen LogP contribution in [0.5, 0.6) is 0 Å². The van der Waals surface area contributed by atoms with Crippen LogP contribution in [0.4, 0.5) is 8.78 Å².